The Hall–Kier alpha value is -0.560. The van der Waals surface area contributed by atoms with Gasteiger partial charge in [0.25, 0.3) is 0 Å². The van der Waals surface area contributed by atoms with E-state index in [-0.39, 0.29) is 13.2 Å². The molecule has 3 nitrogen and oxygen atoms in total. The minimum atomic E-state index is -0.612. The van der Waals surface area contributed by atoms with Crippen molar-refractivity contribution in [2.24, 2.45) is 0 Å². The third-order valence-electron chi connectivity index (χ3n) is 1.45. The zero-order chi connectivity index (χ0) is 9.40. The minimum absolute atomic E-state index is 0.196. The van der Waals surface area contributed by atoms with Crippen LogP contribution in [-0.4, -0.2) is 35.6 Å². The second kappa shape index (κ2) is 7.11. The monoisotopic (exact) mass is 172 g/mol. The third-order valence-corrected chi connectivity index (χ3v) is 1.45. The fraction of sp³-hybridized carbons (Fsp3) is 0.778. The van der Waals surface area contributed by atoms with Crippen molar-refractivity contribution in [2.45, 2.75) is 32.0 Å². The average molecular weight is 172 g/mol. The molecule has 0 aromatic heterocycles. The summed E-state index contributed by atoms with van der Waals surface area (Å²) in [7, 11) is 0. The molecule has 0 aromatic rings. The van der Waals surface area contributed by atoms with E-state index in [0.29, 0.717) is 12.8 Å². The Morgan fingerprint density at radius 1 is 1.33 bits per heavy atom. The van der Waals surface area contributed by atoms with E-state index in [4.69, 9.17) is 21.4 Å². The lowest BCUT2D eigenvalue weighted by Crippen LogP contribution is -2.20. The van der Waals surface area contributed by atoms with Gasteiger partial charge in [0.2, 0.25) is 0 Å². The molecule has 0 aliphatic rings. The van der Waals surface area contributed by atoms with Crippen LogP contribution in [0.2, 0.25) is 0 Å². The maximum Gasteiger partial charge on any atom is 0.0882 e. The number of aliphatic hydroxyl groups excluding tert-OH is 2. The molecule has 2 unspecified atom stereocenters. The highest BCUT2D eigenvalue weighted by Crippen LogP contribution is 1.94. The molecule has 0 saturated heterocycles. The van der Waals surface area contributed by atoms with E-state index in [2.05, 4.69) is 5.92 Å². The molecule has 0 bridgehead atoms. The van der Waals surface area contributed by atoms with Gasteiger partial charge in [-0.2, -0.15) is 0 Å². The number of ether oxygens (including phenoxy) is 1. The normalized spacial score (nSPS) is 15.2. The van der Waals surface area contributed by atoms with Crippen molar-refractivity contribution in [3.63, 3.8) is 0 Å². The smallest absolute Gasteiger partial charge is 0.0882 e. The van der Waals surface area contributed by atoms with Crippen LogP contribution in [0.25, 0.3) is 0 Å². The minimum Gasteiger partial charge on any atom is -0.391 e. The lowest BCUT2D eigenvalue weighted by Gasteiger charge is -2.10. The summed E-state index contributed by atoms with van der Waals surface area (Å²) in [5.41, 5.74) is 0. The third kappa shape index (κ3) is 6.17. The highest BCUT2D eigenvalue weighted by atomic mass is 16.5. The molecule has 0 saturated carbocycles. The largest absolute Gasteiger partial charge is 0.391 e. The molecule has 2 atom stereocenters. The number of rotatable bonds is 6. The van der Waals surface area contributed by atoms with Gasteiger partial charge >= 0.3 is 0 Å². The second-order valence-electron chi connectivity index (χ2n) is 2.66. The Balaban J connectivity index is 3.25. The van der Waals surface area contributed by atoms with Crippen LogP contribution < -0.4 is 0 Å². The number of hydrogen-bond donors (Lipinski definition) is 2. The van der Waals surface area contributed by atoms with Crippen LogP contribution >= 0.6 is 0 Å². The molecule has 0 fully saturated rings. The first-order valence-electron chi connectivity index (χ1n) is 4.08. The summed E-state index contributed by atoms with van der Waals surface area (Å²) in [5.74, 6) is 2.33. The number of hydrogen-bond acceptors (Lipinski definition) is 3. The molecule has 12 heavy (non-hydrogen) atoms. The number of aliphatic hydroxyl groups is 2. The van der Waals surface area contributed by atoms with E-state index in [1.54, 1.807) is 0 Å². The van der Waals surface area contributed by atoms with Gasteiger partial charge in [0.1, 0.15) is 0 Å². The zero-order valence-electron chi connectivity index (χ0n) is 7.36. The summed E-state index contributed by atoms with van der Waals surface area (Å²) in [6, 6.07) is 0. The van der Waals surface area contributed by atoms with E-state index in [1.165, 1.54) is 0 Å². The highest BCUT2D eigenvalue weighted by molar-refractivity contribution is 4.86. The van der Waals surface area contributed by atoms with Crippen molar-refractivity contribution < 1.29 is 14.9 Å². The van der Waals surface area contributed by atoms with E-state index in [9.17, 15) is 0 Å². The van der Waals surface area contributed by atoms with Gasteiger partial charge in [-0.3, -0.25) is 0 Å². The second-order valence-corrected chi connectivity index (χ2v) is 2.66. The maximum absolute atomic E-state index is 9.09. The standard InChI is InChI=1S/C9H16O3/c1-3-5-9(11)7-12-6-8(10)4-2/h1,8-11H,4-7H2,2H3. The van der Waals surface area contributed by atoms with Crippen molar-refractivity contribution in [1.82, 2.24) is 0 Å². The Bertz CT molecular complexity index is 139. The number of terminal acetylenes is 1. The molecule has 0 spiro atoms. The Morgan fingerprint density at radius 2 is 1.92 bits per heavy atom. The average Bonchev–Trinajstić information content (AvgIpc) is 2.04. The summed E-state index contributed by atoms with van der Waals surface area (Å²) in [6.45, 7) is 2.32. The summed E-state index contributed by atoms with van der Waals surface area (Å²) in [5, 5.41) is 18.1. The van der Waals surface area contributed by atoms with Gasteiger partial charge in [-0.05, 0) is 6.42 Å². The van der Waals surface area contributed by atoms with Crippen LogP contribution in [0.1, 0.15) is 19.8 Å². The van der Waals surface area contributed by atoms with Gasteiger partial charge in [0.05, 0.1) is 25.4 Å². The van der Waals surface area contributed by atoms with Crippen LogP contribution in [0.5, 0.6) is 0 Å². The van der Waals surface area contributed by atoms with E-state index in [0.717, 1.165) is 0 Å². The van der Waals surface area contributed by atoms with Gasteiger partial charge in [0, 0.05) is 6.42 Å². The first-order valence-corrected chi connectivity index (χ1v) is 4.08. The van der Waals surface area contributed by atoms with Crippen molar-refractivity contribution in [3.8, 4) is 12.3 Å². The van der Waals surface area contributed by atoms with E-state index in [1.807, 2.05) is 6.92 Å². The first kappa shape index (κ1) is 11.4. The summed E-state index contributed by atoms with van der Waals surface area (Å²) in [6.07, 6.45) is 4.87. The van der Waals surface area contributed by atoms with Crippen molar-refractivity contribution >= 4 is 0 Å². The zero-order valence-corrected chi connectivity index (χ0v) is 7.36. The summed E-state index contributed by atoms with van der Waals surface area (Å²) < 4.78 is 5.01. The molecule has 0 radical (unpaired) electrons. The predicted octanol–water partition coefficient (Wildman–Crippen LogP) is 0.158. The van der Waals surface area contributed by atoms with Crippen LogP contribution in [0.15, 0.2) is 0 Å². The Labute approximate surface area is 73.4 Å². The molecule has 2 N–H and O–H groups in total. The molecule has 0 rings (SSSR count). The quantitative estimate of drug-likeness (QED) is 0.561. The van der Waals surface area contributed by atoms with Gasteiger partial charge in [-0.25, -0.2) is 0 Å². The van der Waals surface area contributed by atoms with Crippen molar-refractivity contribution in [2.75, 3.05) is 13.2 Å². The molecular weight excluding hydrogens is 156 g/mol. The molecule has 70 valence electrons. The predicted molar refractivity (Wildman–Crippen MR) is 46.6 cm³/mol. The van der Waals surface area contributed by atoms with Crippen LogP contribution in [0.4, 0.5) is 0 Å². The van der Waals surface area contributed by atoms with Gasteiger partial charge in [-0.15, -0.1) is 12.3 Å². The highest BCUT2D eigenvalue weighted by Gasteiger charge is 2.04. The molecule has 3 heteroatoms. The van der Waals surface area contributed by atoms with Gasteiger partial charge < -0.3 is 14.9 Å². The molecular formula is C9H16O3. The molecule has 0 aliphatic heterocycles. The Kier molecular flexibility index (Phi) is 6.78. The van der Waals surface area contributed by atoms with Gasteiger partial charge in [0.15, 0.2) is 0 Å². The summed E-state index contributed by atoms with van der Waals surface area (Å²) >= 11 is 0. The van der Waals surface area contributed by atoms with Crippen molar-refractivity contribution in [1.29, 1.82) is 0 Å². The molecule has 0 aliphatic carbocycles. The molecule has 0 heterocycles. The lowest BCUT2D eigenvalue weighted by molar-refractivity contribution is -0.00655. The molecule has 0 aromatic carbocycles. The fourth-order valence-corrected chi connectivity index (χ4v) is 0.653. The van der Waals surface area contributed by atoms with Crippen LogP contribution in [0.3, 0.4) is 0 Å². The summed E-state index contributed by atoms with van der Waals surface area (Å²) in [4.78, 5) is 0. The van der Waals surface area contributed by atoms with Gasteiger partial charge in [-0.1, -0.05) is 6.92 Å². The Morgan fingerprint density at radius 3 is 2.42 bits per heavy atom. The van der Waals surface area contributed by atoms with Crippen LogP contribution in [-0.2, 0) is 4.74 Å². The van der Waals surface area contributed by atoms with E-state index >= 15 is 0 Å². The maximum atomic E-state index is 9.09. The SMILES string of the molecule is C#CCC(O)COCC(O)CC. The lowest BCUT2D eigenvalue weighted by atomic mass is 10.3. The van der Waals surface area contributed by atoms with Crippen LogP contribution in [0, 0.1) is 12.3 Å². The molecule has 0 amide bonds. The fourth-order valence-electron chi connectivity index (χ4n) is 0.653. The van der Waals surface area contributed by atoms with Crippen molar-refractivity contribution in [3.05, 3.63) is 0 Å². The topological polar surface area (TPSA) is 49.7 Å². The van der Waals surface area contributed by atoms with E-state index < -0.39 is 12.2 Å². The first-order chi connectivity index (χ1) is 5.70.